The zero-order valence-corrected chi connectivity index (χ0v) is 14.0. The van der Waals surface area contributed by atoms with E-state index in [1.807, 2.05) is 13.0 Å². The van der Waals surface area contributed by atoms with Crippen molar-refractivity contribution < 1.29 is 0 Å². The summed E-state index contributed by atoms with van der Waals surface area (Å²) in [7, 11) is 0. The first kappa shape index (κ1) is 14.8. The Kier molecular flexibility index (Phi) is 5.19. The molecule has 0 bridgehead atoms. The summed E-state index contributed by atoms with van der Waals surface area (Å²) in [5, 5.41) is 3.87. The number of nitrogens with one attached hydrogen (secondary N) is 1. The summed E-state index contributed by atoms with van der Waals surface area (Å²) in [6.45, 7) is 4.79. The van der Waals surface area contributed by atoms with E-state index in [0.29, 0.717) is 5.15 Å². The van der Waals surface area contributed by atoms with Crippen LogP contribution in [0.25, 0.3) is 0 Å². The molecule has 19 heavy (non-hydrogen) atoms. The summed E-state index contributed by atoms with van der Waals surface area (Å²) in [6, 6.07) is 4.14. The molecule has 0 aliphatic heterocycles. The molecule has 0 saturated carbocycles. The maximum absolute atomic E-state index is 6.14. The molecule has 0 radical (unpaired) electrons. The van der Waals surface area contributed by atoms with Gasteiger partial charge in [0.15, 0.2) is 0 Å². The zero-order chi connectivity index (χ0) is 13.8. The Labute approximate surface area is 130 Å². The fourth-order valence-corrected chi connectivity index (χ4v) is 3.27. The molecular formula is C13H15BrClN3S. The van der Waals surface area contributed by atoms with Gasteiger partial charge in [0, 0.05) is 16.9 Å². The van der Waals surface area contributed by atoms with Gasteiger partial charge in [-0.15, -0.1) is 11.3 Å². The Bertz CT molecular complexity index is 571. The second-order valence-corrected chi connectivity index (χ2v) is 7.12. The van der Waals surface area contributed by atoms with Gasteiger partial charge in [-0.2, -0.15) is 0 Å². The first-order valence-corrected chi connectivity index (χ1v) is 8.10. The van der Waals surface area contributed by atoms with E-state index in [9.17, 15) is 0 Å². The van der Waals surface area contributed by atoms with Crippen molar-refractivity contribution in [2.24, 2.45) is 0 Å². The van der Waals surface area contributed by atoms with Crippen LogP contribution in [0.3, 0.4) is 0 Å². The molecule has 2 heterocycles. The van der Waals surface area contributed by atoms with Gasteiger partial charge in [-0.25, -0.2) is 9.97 Å². The molecule has 102 valence electrons. The predicted molar refractivity (Wildman–Crippen MR) is 85.1 cm³/mol. The molecule has 1 N–H and O–H groups in total. The van der Waals surface area contributed by atoms with E-state index in [4.69, 9.17) is 11.6 Å². The Morgan fingerprint density at radius 3 is 2.79 bits per heavy atom. The molecule has 2 aromatic heterocycles. The third-order valence-electron chi connectivity index (χ3n) is 2.67. The molecule has 0 aromatic carbocycles. The van der Waals surface area contributed by atoms with E-state index in [2.05, 4.69) is 44.2 Å². The minimum Gasteiger partial charge on any atom is -0.365 e. The van der Waals surface area contributed by atoms with Crippen molar-refractivity contribution in [3.05, 3.63) is 37.3 Å². The first-order valence-electron chi connectivity index (χ1n) is 6.11. The third-order valence-corrected chi connectivity index (χ3v) is 4.66. The maximum Gasteiger partial charge on any atom is 0.137 e. The van der Waals surface area contributed by atoms with Crippen molar-refractivity contribution in [2.75, 3.05) is 5.32 Å². The van der Waals surface area contributed by atoms with E-state index in [-0.39, 0.29) is 0 Å². The topological polar surface area (TPSA) is 37.8 Å². The highest BCUT2D eigenvalue weighted by atomic mass is 79.9. The fourth-order valence-electron chi connectivity index (χ4n) is 1.66. The lowest BCUT2D eigenvalue weighted by Crippen LogP contribution is -2.06. The molecule has 0 atom stereocenters. The van der Waals surface area contributed by atoms with Gasteiger partial charge in [0.1, 0.15) is 16.8 Å². The number of aryl methyl sites for hydroxylation is 1. The van der Waals surface area contributed by atoms with Crippen LogP contribution in [0, 0.1) is 6.92 Å². The molecule has 2 rings (SSSR count). The number of rotatable bonds is 5. The Morgan fingerprint density at radius 2 is 2.16 bits per heavy atom. The first-order chi connectivity index (χ1) is 9.10. The second kappa shape index (κ2) is 6.68. The highest BCUT2D eigenvalue weighted by Gasteiger charge is 2.09. The van der Waals surface area contributed by atoms with Gasteiger partial charge >= 0.3 is 0 Å². The van der Waals surface area contributed by atoms with E-state index in [1.165, 1.54) is 4.88 Å². The van der Waals surface area contributed by atoms with Crippen LogP contribution in [0.5, 0.6) is 0 Å². The zero-order valence-electron chi connectivity index (χ0n) is 10.8. The van der Waals surface area contributed by atoms with Crippen molar-refractivity contribution in [1.29, 1.82) is 0 Å². The van der Waals surface area contributed by atoms with Crippen LogP contribution in [-0.2, 0) is 13.0 Å². The lowest BCUT2D eigenvalue weighted by Gasteiger charge is -2.10. The summed E-state index contributed by atoms with van der Waals surface area (Å²) in [5.41, 5.74) is 0.900. The summed E-state index contributed by atoms with van der Waals surface area (Å²) in [6.07, 6.45) is 1.86. The quantitative estimate of drug-likeness (QED) is 0.776. The molecule has 0 aliphatic carbocycles. The van der Waals surface area contributed by atoms with Gasteiger partial charge in [-0.1, -0.05) is 18.5 Å². The highest BCUT2D eigenvalue weighted by Crippen LogP contribution is 2.24. The molecule has 0 unspecified atom stereocenters. The number of halogens is 2. The number of anilines is 1. The van der Waals surface area contributed by atoms with Gasteiger partial charge in [-0.05, 0) is 41.4 Å². The average Bonchev–Trinajstić information content (AvgIpc) is 2.78. The van der Waals surface area contributed by atoms with Crippen molar-refractivity contribution >= 4 is 44.7 Å². The molecule has 6 heteroatoms. The normalized spacial score (nSPS) is 10.7. The van der Waals surface area contributed by atoms with Crippen molar-refractivity contribution in [2.45, 2.75) is 33.2 Å². The lowest BCUT2D eigenvalue weighted by molar-refractivity contribution is 0.830. The van der Waals surface area contributed by atoms with Crippen molar-refractivity contribution in [3.63, 3.8) is 0 Å². The second-order valence-electron chi connectivity index (χ2n) is 4.21. The summed E-state index contributed by atoms with van der Waals surface area (Å²) in [5.74, 6) is 1.63. The van der Waals surface area contributed by atoms with Crippen LogP contribution in [0.15, 0.2) is 15.9 Å². The molecule has 0 saturated heterocycles. The van der Waals surface area contributed by atoms with Crippen LogP contribution in [0.2, 0.25) is 5.15 Å². The highest BCUT2D eigenvalue weighted by molar-refractivity contribution is 9.11. The lowest BCUT2D eigenvalue weighted by atomic mass is 10.3. The average molecular weight is 361 g/mol. The molecular weight excluding hydrogens is 346 g/mol. The molecule has 0 fully saturated rings. The van der Waals surface area contributed by atoms with Gasteiger partial charge in [0.2, 0.25) is 0 Å². The van der Waals surface area contributed by atoms with Crippen molar-refractivity contribution in [1.82, 2.24) is 9.97 Å². The van der Waals surface area contributed by atoms with Crippen LogP contribution in [-0.4, -0.2) is 9.97 Å². The van der Waals surface area contributed by atoms with E-state index in [1.54, 1.807) is 11.3 Å². The summed E-state index contributed by atoms with van der Waals surface area (Å²) >= 11 is 11.3. The van der Waals surface area contributed by atoms with Gasteiger partial charge in [-0.3, -0.25) is 0 Å². The van der Waals surface area contributed by atoms with Crippen LogP contribution >= 0.6 is 38.9 Å². The SMILES string of the molecule is CCCc1nc(Cl)c(C)c(NCc2ccc(Br)s2)n1. The Morgan fingerprint density at radius 1 is 1.37 bits per heavy atom. The number of thiophene rings is 1. The van der Waals surface area contributed by atoms with Crippen LogP contribution in [0.1, 0.15) is 29.6 Å². The maximum atomic E-state index is 6.14. The smallest absolute Gasteiger partial charge is 0.137 e. The molecule has 0 spiro atoms. The third kappa shape index (κ3) is 3.91. The fraction of sp³-hybridized carbons (Fsp3) is 0.385. The minimum atomic E-state index is 0.535. The molecule has 3 nitrogen and oxygen atoms in total. The number of hydrogen-bond acceptors (Lipinski definition) is 4. The van der Waals surface area contributed by atoms with E-state index < -0.39 is 0 Å². The minimum absolute atomic E-state index is 0.535. The molecule has 0 amide bonds. The molecule has 0 aliphatic rings. The number of nitrogens with zero attached hydrogens (tertiary/aromatic N) is 2. The van der Waals surface area contributed by atoms with Gasteiger partial charge in [0.05, 0.1) is 10.3 Å². The van der Waals surface area contributed by atoms with Crippen LogP contribution < -0.4 is 5.32 Å². The van der Waals surface area contributed by atoms with E-state index >= 15 is 0 Å². The van der Waals surface area contributed by atoms with E-state index in [0.717, 1.165) is 40.4 Å². The Hall–Kier alpha value is -0.650. The summed E-state index contributed by atoms with van der Waals surface area (Å²) < 4.78 is 1.13. The van der Waals surface area contributed by atoms with Crippen LogP contribution in [0.4, 0.5) is 5.82 Å². The summed E-state index contributed by atoms with van der Waals surface area (Å²) in [4.78, 5) is 10.1. The van der Waals surface area contributed by atoms with Crippen molar-refractivity contribution in [3.8, 4) is 0 Å². The standard InChI is InChI=1S/C13H15BrClN3S/c1-3-4-11-17-12(15)8(2)13(18-11)16-7-9-5-6-10(14)19-9/h5-6H,3-4,7H2,1-2H3,(H,16,17,18). The predicted octanol–water partition coefficient (Wildman–Crippen LogP) is 4.83. The largest absolute Gasteiger partial charge is 0.365 e. The number of aromatic nitrogens is 2. The molecule has 2 aromatic rings. The Balaban J connectivity index is 2.14. The van der Waals surface area contributed by atoms with Gasteiger partial charge in [0.25, 0.3) is 0 Å². The monoisotopic (exact) mass is 359 g/mol. The number of hydrogen-bond donors (Lipinski definition) is 1. The van der Waals surface area contributed by atoms with Gasteiger partial charge < -0.3 is 5.32 Å².